The molecule has 45 heavy (non-hydrogen) atoms. The lowest BCUT2D eigenvalue weighted by molar-refractivity contribution is -0.181. The molecule has 0 aliphatic heterocycles. The summed E-state index contributed by atoms with van der Waals surface area (Å²) < 4.78 is 32.1. The average molecular weight is 646 g/mol. The SMILES string of the molecule is CCCCS(=O)(=O)/C=C1\C(=O)C(=O)[C@](C)(CO)[C@@H]2CC[C@]3(C)C(=CC(=O)[C@@H]4[C@@H]5CC(C)(C)CC[C@]5(C(=O)OC)CC[C@]43N)[C@@]12C. The molecule has 0 saturated heterocycles. The molecule has 0 amide bonds. The lowest BCUT2D eigenvalue weighted by Gasteiger charge is -2.69. The molecule has 0 aromatic heterocycles. The number of hydrogen-bond acceptors (Lipinski definition) is 9. The number of carbonyl (C=O) groups excluding carboxylic acids is 4. The maximum absolute atomic E-state index is 14.6. The molecule has 5 rings (SSSR count). The number of unbranched alkanes of at least 4 members (excludes halogenated alkanes) is 1. The van der Waals surface area contributed by atoms with Crippen LogP contribution in [-0.2, 0) is 33.8 Å². The lowest BCUT2D eigenvalue weighted by atomic mass is 9.35. The van der Waals surface area contributed by atoms with Crippen LogP contribution in [0.4, 0.5) is 0 Å². The Hall–Kier alpha value is -2.17. The summed E-state index contributed by atoms with van der Waals surface area (Å²) in [6.07, 6.45) is 6.39. The van der Waals surface area contributed by atoms with Crippen LogP contribution in [0.25, 0.3) is 0 Å². The summed E-state index contributed by atoms with van der Waals surface area (Å²) >= 11 is 0. The highest BCUT2D eigenvalue weighted by Crippen LogP contribution is 2.72. The second-order valence-electron chi connectivity index (χ2n) is 16.2. The highest BCUT2D eigenvalue weighted by molar-refractivity contribution is 7.94. The van der Waals surface area contributed by atoms with E-state index in [2.05, 4.69) is 13.8 Å². The number of ether oxygens (including phenoxy) is 1. The zero-order chi connectivity index (χ0) is 33.6. The van der Waals surface area contributed by atoms with Crippen molar-refractivity contribution in [3.05, 3.63) is 22.6 Å². The van der Waals surface area contributed by atoms with Crippen molar-refractivity contribution < 1.29 is 37.4 Å². The average Bonchev–Trinajstić information content (AvgIpc) is 2.98. The maximum atomic E-state index is 14.6. The zero-order valence-electron chi connectivity index (χ0n) is 28.0. The Labute approximate surface area is 267 Å². The molecule has 0 radical (unpaired) electrons. The summed E-state index contributed by atoms with van der Waals surface area (Å²) in [4.78, 5) is 55.7. The molecule has 0 heterocycles. The number of rotatable bonds is 6. The van der Waals surface area contributed by atoms with E-state index < -0.39 is 67.0 Å². The topological polar surface area (TPSA) is 158 Å². The molecule has 0 bridgehead atoms. The summed E-state index contributed by atoms with van der Waals surface area (Å²) in [6, 6.07) is 0. The van der Waals surface area contributed by atoms with E-state index in [1.54, 1.807) is 19.9 Å². The number of carbonyl (C=O) groups is 4. The van der Waals surface area contributed by atoms with Crippen LogP contribution in [0.5, 0.6) is 0 Å². The Balaban J connectivity index is 1.75. The van der Waals surface area contributed by atoms with Crippen molar-refractivity contribution in [2.24, 2.45) is 50.6 Å². The molecule has 3 N–H and O–H groups in total. The first-order valence-corrected chi connectivity index (χ1v) is 18.2. The van der Waals surface area contributed by atoms with Crippen LogP contribution >= 0.6 is 0 Å². The number of allylic oxidation sites excluding steroid dienone is 2. The maximum Gasteiger partial charge on any atom is 0.312 e. The van der Waals surface area contributed by atoms with Gasteiger partial charge in [-0.25, -0.2) is 8.42 Å². The molecular weight excluding hydrogens is 594 g/mol. The van der Waals surface area contributed by atoms with E-state index in [4.69, 9.17) is 10.5 Å². The van der Waals surface area contributed by atoms with Crippen molar-refractivity contribution >= 4 is 33.2 Å². The summed E-state index contributed by atoms with van der Waals surface area (Å²) in [7, 11) is -2.49. The number of nitrogens with two attached hydrogens (primary N) is 1. The van der Waals surface area contributed by atoms with E-state index >= 15 is 0 Å². The quantitative estimate of drug-likeness (QED) is 0.245. The second kappa shape index (κ2) is 10.7. The van der Waals surface area contributed by atoms with E-state index in [1.165, 1.54) is 7.11 Å². The third-order valence-corrected chi connectivity index (χ3v) is 14.8. The van der Waals surface area contributed by atoms with Crippen LogP contribution in [0, 0.1) is 44.8 Å². The third-order valence-electron chi connectivity index (χ3n) is 13.4. The molecule has 0 unspecified atom stereocenters. The summed E-state index contributed by atoms with van der Waals surface area (Å²) in [5.41, 5.74) is 2.31. The van der Waals surface area contributed by atoms with Crippen molar-refractivity contribution in [3.8, 4) is 0 Å². The molecule has 4 saturated carbocycles. The first-order valence-electron chi connectivity index (χ1n) is 16.5. The highest BCUT2D eigenvalue weighted by atomic mass is 32.2. The van der Waals surface area contributed by atoms with Crippen molar-refractivity contribution in [1.29, 1.82) is 0 Å². The monoisotopic (exact) mass is 645 g/mol. The number of aliphatic hydroxyl groups is 1. The van der Waals surface area contributed by atoms with E-state index in [0.717, 1.165) is 11.8 Å². The van der Waals surface area contributed by atoms with E-state index in [0.29, 0.717) is 56.9 Å². The molecule has 0 aromatic rings. The molecule has 8 atom stereocenters. The van der Waals surface area contributed by atoms with Crippen LogP contribution in [0.3, 0.4) is 0 Å². The number of esters is 1. The van der Waals surface area contributed by atoms with Gasteiger partial charge in [-0.2, -0.15) is 0 Å². The number of fused-ring (bicyclic) bond motifs is 7. The van der Waals surface area contributed by atoms with Gasteiger partial charge in [-0.05, 0) is 87.2 Å². The number of hydrogen-bond donors (Lipinski definition) is 2. The van der Waals surface area contributed by atoms with Gasteiger partial charge in [0.2, 0.25) is 11.6 Å². The summed E-state index contributed by atoms with van der Waals surface area (Å²) in [5.74, 6) is -4.09. The van der Waals surface area contributed by atoms with Crippen LogP contribution < -0.4 is 5.73 Å². The van der Waals surface area contributed by atoms with Crippen molar-refractivity contribution in [2.75, 3.05) is 19.5 Å². The summed E-state index contributed by atoms with van der Waals surface area (Å²) in [6.45, 7) is 10.9. The molecule has 5 aliphatic rings. The normalized spacial score (nSPS) is 43.5. The van der Waals surface area contributed by atoms with E-state index in [1.807, 2.05) is 13.8 Å². The van der Waals surface area contributed by atoms with Crippen molar-refractivity contribution in [2.45, 2.75) is 105 Å². The predicted octanol–water partition coefficient (Wildman–Crippen LogP) is 4.26. The van der Waals surface area contributed by atoms with Gasteiger partial charge in [0.25, 0.3) is 0 Å². The van der Waals surface area contributed by atoms with Gasteiger partial charge in [0.05, 0.1) is 30.3 Å². The standard InChI is InChI=1S/C35H51NO8S/c1-8-9-16-45(42,43)19-22-27(39)28(40)31(4,20-37)24-10-11-32(5)25(33(22,24)6)17-23(38)26-21-18-30(2,3)12-13-34(21,29(41)44-7)14-15-35(26,32)36/h17,19,21,24,26,37H,8-16,18,20,36H2,1-7H3/b22-19+/t21-,24-,26-,31+,32+,33-,34-,35-/m0/s1. The van der Waals surface area contributed by atoms with Gasteiger partial charge >= 0.3 is 5.97 Å². The number of aliphatic hydroxyl groups excluding tert-OH is 1. The number of methoxy groups -OCH3 is 1. The molecule has 0 aromatic carbocycles. The molecule has 9 nitrogen and oxygen atoms in total. The smallest absolute Gasteiger partial charge is 0.312 e. The third kappa shape index (κ3) is 4.55. The Morgan fingerprint density at radius 1 is 1.07 bits per heavy atom. The molecule has 0 spiro atoms. The van der Waals surface area contributed by atoms with Gasteiger partial charge in [0.15, 0.2) is 15.6 Å². The first kappa shape index (κ1) is 34.2. The summed E-state index contributed by atoms with van der Waals surface area (Å²) in [5, 5.41) is 11.6. The van der Waals surface area contributed by atoms with Crippen LogP contribution in [0.2, 0.25) is 0 Å². The Kier molecular flexibility index (Phi) is 8.11. The van der Waals surface area contributed by atoms with E-state index in [9.17, 15) is 32.7 Å². The fourth-order valence-electron chi connectivity index (χ4n) is 10.6. The van der Waals surface area contributed by atoms with Gasteiger partial charge in [0, 0.05) is 33.3 Å². The van der Waals surface area contributed by atoms with Gasteiger partial charge in [-0.15, -0.1) is 0 Å². The fourth-order valence-corrected chi connectivity index (χ4v) is 12.1. The minimum absolute atomic E-state index is 0.114. The van der Waals surface area contributed by atoms with Crippen molar-refractivity contribution in [3.63, 3.8) is 0 Å². The molecule has 10 heteroatoms. The Bertz CT molecular complexity index is 1510. The molecule has 250 valence electrons. The van der Waals surface area contributed by atoms with Crippen LogP contribution in [0.15, 0.2) is 22.6 Å². The first-order chi connectivity index (χ1) is 20.7. The molecule has 4 fully saturated rings. The largest absolute Gasteiger partial charge is 0.469 e. The van der Waals surface area contributed by atoms with E-state index in [-0.39, 0.29) is 34.4 Å². The van der Waals surface area contributed by atoms with Gasteiger partial charge in [-0.3, -0.25) is 19.2 Å². The van der Waals surface area contributed by atoms with Crippen LogP contribution in [-0.4, -0.2) is 61.9 Å². The molecule has 5 aliphatic carbocycles. The fraction of sp³-hybridized carbons (Fsp3) is 0.771. The zero-order valence-corrected chi connectivity index (χ0v) is 28.8. The predicted molar refractivity (Wildman–Crippen MR) is 169 cm³/mol. The lowest BCUT2D eigenvalue weighted by Crippen LogP contribution is -2.74. The van der Waals surface area contributed by atoms with Crippen molar-refractivity contribution in [1.82, 2.24) is 0 Å². The second-order valence-corrected chi connectivity index (χ2v) is 18.2. The number of Topliss-reactive ketones (excluding diaryl/α,β-unsaturated/α-hetero) is 2. The van der Waals surface area contributed by atoms with Gasteiger partial charge < -0.3 is 15.6 Å². The minimum Gasteiger partial charge on any atom is -0.469 e. The number of ketones is 3. The highest BCUT2D eigenvalue weighted by Gasteiger charge is 2.73. The Morgan fingerprint density at radius 2 is 1.71 bits per heavy atom. The number of sulfone groups is 1. The van der Waals surface area contributed by atoms with Gasteiger partial charge in [0.1, 0.15) is 0 Å². The molecular formula is C35H51NO8S. The van der Waals surface area contributed by atoms with Crippen LogP contribution in [0.1, 0.15) is 99.3 Å². The van der Waals surface area contributed by atoms with Gasteiger partial charge in [-0.1, -0.05) is 41.0 Å². The minimum atomic E-state index is -3.88. The Morgan fingerprint density at radius 3 is 2.31 bits per heavy atom.